The highest BCUT2D eigenvalue weighted by atomic mass is 15.2. The SMILES string of the molecule is c1ccc(-c2ccc(N(c3ccccc3)c3ccc(-c4ccc5c(c4)n4c6ccccc6nc4n5-c4ccccc4)cc3)cc2)cc1. The van der Waals surface area contributed by atoms with Gasteiger partial charge in [-0.1, -0.05) is 109 Å². The molecule has 0 fully saturated rings. The Morgan fingerprint density at radius 3 is 1.57 bits per heavy atom. The van der Waals surface area contributed by atoms with Gasteiger partial charge in [0.05, 0.1) is 22.1 Å². The average molecular weight is 603 g/mol. The average Bonchev–Trinajstić information content (AvgIpc) is 3.68. The van der Waals surface area contributed by atoms with E-state index in [1.807, 2.05) is 6.07 Å². The maximum Gasteiger partial charge on any atom is 0.220 e. The lowest BCUT2D eigenvalue weighted by atomic mass is 10.0. The van der Waals surface area contributed by atoms with E-state index >= 15 is 0 Å². The Labute approximate surface area is 273 Å². The second-order valence-electron chi connectivity index (χ2n) is 11.7. The molecule has 0 radical (unpaired) electrons. The molecule has 9 aromatic rings. The number of imidazole rings is 2. The highest BCUT2D eigenvalue weighted by Gasteiger charge is 2.18. The molecule has 9 rings (SSSR count). The lowest BCUT2D eigenvalue weighted by Crippen LogP contribution is -2.09. The molecule has 47 heavy (non-hydrogen) atoms. The third kappa shape index (κ3) is 4.66. The molecule has 0 N–H and O–H groups in total. The fourth-order valence-corrected chi connectivity index (χ4v) is 6.67. The van der Waals surface area contributed by atoms with E-state index in [4.69, 9.17) is 4.98 Å². The second kappa shape index (κ2) is 11.2. The number of para-hydroxylation sites is 4. The van der Waals surface area contributed by atoms with E-state index in [1.54, 1.807) is 0 Å². The Bertz CT molecular complexity index is 2480. The standard InChI is InChI=1S/C43H30N4/c1-4-12-31(13-5-1)32-20-25-37(26-21-32)45(35-14-6-2-7-15-35)38-27-22-33(23-28-38)34-24-29-41-42(30-34)47-40-19-11-10-18-39(40)44-43(47)46(41)36-16-8-3-9-17-36/h1-30H. The molecule has 0 spiro atoms. The van der Waals surface area contributed by atoms with E-state index in [1.165, 1.54) is 11.1 Å². The first-order chi connectivity index (χ1) is 23.3. The Balaban J connectivity index is 1.13. The van der Waals surface area contributed by atoms with Gasteiger partial charge in [0.25, 0.3) is 0 Å². The topological polar surface area (TPSA) is 25.5 Å². The lowest BCUT2D eigenvalue weighted by molar-refractivity contribution is 1.11. The minimum absolute atomic E-state index is 0.914. The number of nitrogens with zero attached hydrogens (tertiary/aromatic N) is 4. The molecule has 0 saturated heterocycles. The van der Waals surface area contributed by atoms with Crippen LogP contribution in [0, 0.1) is 0 Å². The molecule has 0 saturated carbocycles. The summed E-state index contributed by atoms with van der Waals surface area (Å²) < 4.78 is 4.54. The number of rotatable bonds is 6. The molecule has 7 aromatic carbocycles. The molecule has 4 heteroatoms. The van der Waals surface area contributed by atoms with E-state index in [-0.39, 0.29) is 0 Å². The predicted molar refractivity (Wildman–Crippen MR) is 195 cm³/mol. The predicted octanol–water partition coefficient (Wildman–Crippen LogP) is 11.2. The highest BCUT2D eigenvalue weighted by molar-refractivity contribution is 5.94. The number of anilines is 3. The van der Waals surface area contributed by atoms with Crippen LogP contribution in [0.1, 0.15) is 0 Å². The van der Waals surface area contributed by atoms with Gasteiger partial charge in [0.15, 0.2) is 0 Å². The molecule has 0 aliphatic heterocycles. The molecule has 2 aromatic heterocycles. The summed E-state index contributed by atoms with van der Waals surface area (Å²) in [6.07, 6.45) is 0. The molecular formula is C43H30N4. The number of hydrogen-bond acceptors (Lipinski definition) is 2. The summed E-state index contributed by atoms with van der Waals surface area (Å²) in [7, 11) is 0. The van der Waals surface area contributed by atoms with E-state index in [0.717, 1.165) is 61.7 Å². The van der Waals surface area contributed by atoms with Crippen molar-refractivity contribution in [2.45, 2.75) is 0 Å². The smallest absolute Gasteiger partial charge is 0.220 e. The summed E-state index contributed by atoms with van der Waals surface area (Å²) in [5, 5.41) is 0. The number of aromatic nitrogens is 3. The van der Waals surface area contributed by atoms with Crippen LogP contribution in [0.2, 0.25) is 0 Å². The summed E-state index contributed by atoms with van der Waals surface area (Å²) in [5.41, 5.74) is 13.5. The molecule has 222 valence electrons. The van der Waals surface area contributed by atoms with Crippen molar-refractivity contribution in [3.63, 3.8) is 0 Å². The largest absolute Gasteiger partial charge is 0.311 e. The van der Waals surface area contributed by atoms with Gasteiger partial charge in [-0.15, -0.1) is 0 Å². The summed E-state index contributed by atoms with van der Waals surface area (Å²) in [5.74, 6) is 0.914. The Kier molecular flexibility index (Phi) is 6.43. The molecule has 0 atom stereocenters. The van der Waals surface area contributed by atoms with Gasteiger partial charge in [-0.05, 0) is 95.1 Å². The van der Waals surface area contributed by atoms with Crippen LogP contribution in [0.3, 0.4) is 0 Å². The molecule has 0 amide bonds. The zero-order valence-corrected chi connectivity index (χ0v) is 25.6. The Morgan fingerprint density at radius 2 is 0.894 bits per heavy atom. The highest BCUT2D eigenvalue weighted by Crippen LogP contribution is 2.37. The fraction of sp³-hybridized carbons (Fsp3) is 0. The second-order valence-corrected chi connectivity index (χ2v) is 11.7. The zero-order chi connectivity index (χ0) is 31.2. The van der Waals surface area contributed by atoms with Crippen LogP contribution in [0.5, 0.6) is 0 Å². The van der Waals surface area contributed by atoms with Gasteiger partial charge < -0.3 is 4.90 Å². The number of benzene rings is 7. The first-order valence-electron chi connectivity index (χ1n) is 15.9. The quantitative estimate of drug-likeness (QED) is 0.189. The van der Waals surface area contributed by atoms with Crippen LogP contribution in [0.4, 0.5) is 17.1 Å². The van der Waals surface area contributed by atoms with Crippen LogP contribution < -0.4 is 4.90 Å². The van der Waals surface area contributed by atoms with Crippen LogP contribution in [-0.4, -0.2) is 14.0 Å². The van der Waals surface area contributed by atoms with Gasteiger partial charge in [0, 0.05) is 22.7 Å². The molecule has 0 bridgehead atoms. The summed E-state index contributed by atoms with van der Waals surface area (Å²) in [6.45, 7) is 0. The van der Waals surface area contributed by atoms with Crippen molar-refractivity contribution >= 4 is 44.9 Å². The van der Waals surface area contributed by atoms with Gasteiger partial charge in [0.1, 0.15) is 0 Å². The normalized spacial score (nSPS) is 11.4. The summed E-state index contributed by atoms with van der Waals surface area (Å²) in [4.78, 5) is 7.37. The van der Waals surface area contributed by atoms with Gasteiger partial charge in [-0.3, -0.25) is 8.97 Å². The third-order valence-corrected chi connectivity index (χ3v) is 8.92. The van der Waals surface area contributed by atoms with E-state index in [9.17, 15) is 0 Å². The Morgan fingerprint density at radius 1 is 0.383 bits per heavy atom. The van der Waals surface area contributed by atoms with Crippen molar-refractivity contribution in [1.29, 1.82) is 0 Å². The maximum absolute atomic E-state index is 5.06. The lowest BCUT2D eigenvalue weighted by Gasteiger charge is -2.26. The maximum atomic E-state index is 5.06. The van der Waals surface area contributed by atoms with Crippen molar-refractivity contribution in [3.8, 4) is 27.9 Å². The van der Waals surface area contributed by atoms with E-state index in [0.29, 0.717) is 0 Å². The molecule has 0 aliphatic rings. The van der Waals surface area contributed by atoms with Crippen LogP contribution in [0.15, 0.2) is 182 Å². The van der Waals surface area contributed by atoms with Gasteiger partial charge in [0.2, 0.25) is 5.78 Å². The molecule has 0 aliphatic carbocycles. The van der Waals surface area contributed by atoms with E-state index in [2.05, 4.69) is 190 Å². The monoisotopic (exact) mass is 602 g/mol. The third-order valence-electron chi connectivity index (χ3n) is 8.92. The molecule has 0 unspecified atom stereocenters. The van der Waals surface area contributed by atoms with Crippen molar-refractivity contribution in [1.82, 2.24) is 14.0 Å². The van der Waals surface area contributed by atoms with Gasteiger partial charge >= 0.3 is 0 Å². The van der Waals surface area contributed by atoms with Gasteiger partial charge in [-0.25, -0.2) is 4.98 Å². The van der Waals surface area contributed by atoms with Crippen molar-refractivity contribution < 1.29 is 0 Å². The number of hydrogen-bond donors (Lipinski definition) is 0. The van der Waals surface area contributed by atoms with Crippen molar-refractivity contribution in [3.05, 3.63) is 182 Å². The number of fused-ring (bicyclic) bond motifs is 5. The minimum atomic E-state index is 0.914. The summed E-state index contributed by atoms with van der Waals surface area (Å²) >= 11 is 0. The summed E-state index contributed by atoms with van der Waals surface area (Å²) in [6, 6.07) is 64.3. The Hall–Kier alpha value is -6.39. The fourth-order valence-electron chi connectivity index (χ4n) is 6.67. The first-order valence-corrected chi connectivity index (χ1v) is 15.9. The van der Waals surface area contributed by atoms with Crippen molar-refractivity contribution in [2.75, 3.05) is 4.90 Å². The van der Waals surface area contributed by atoms with Crippen LogP contribution >= 0.6 is 0 Å². The minimum Gasteiger partial charge on any atom is -0.311 e. The zero-order valence-electron chi connectivity index (χ0n) is 25.6. The van der Waals surface area contributed by atoms with Crippen LogP contribution in [-0.2, 0) is 0 Å². The molecular weight excluding hydrogens is 573 g/mol. The first kappa shape index (κ1) is 27.0. The van der Waals surface area contributed by atoms with Crippen molar-refractivity contribution in [2.24, 2.45) is 0 Å². The van der Waals surface area contributed by atoms with Gasteiger partial charge in [-0.2, -0.15) is 0 Å². The van der Waals surface area contributed by atoms with Crippen LogP contribution in [0.25, 0.3) is 55.8 Å². The van der Waals surface area contributed by atoms with E-state index < -0.39 is 0 Å². The molecule has 4 nitrogen and oxygen atoms in total. The molecule has 2 heterocycles.